The van der Waals surface area contributed by atoms with E-state index in [0.29, 0.717) is 19.3 Å². The maximum atomic E-state index is 12.8. The molecule has 0 radical (unpaired) electrons. The fraction of sp³-hybridized carbons (Fsp3) is 0.677. The monoisotopic (exact) mass is 985 g/mol. The van der Waals surface area contributed by atoms with Crippen molar-refractivity contribution in [2.45, 2.75) is 271 Å². The molecule has 0 fully saturated rings. The standard InChI is InChI=1S/C65H108O6/c1-4-7-10-13-16-19-22-25-28-31-32-35-37-40-43-46-49-52-55-58-64(67)70-61-62(71-65(68)59-56-53-50-47-44-41-38-34-30-27-24-21-18-15-12-9-6-3)60-69-63(66)57-54-51-48-45-42-39-36-33-29-26-23-20-17-14-11-8-5-2/h8,11,17-18,20-21,25-30,36,38-39,41,47,50,62H,4-7,9-10,12-16,19,22-24,31-35,37,40,42-46,48-49,51-61H2,1-3H3/b11-8-,20-17-,21-18-,28-25-,29-26-,30-27-,39-36-,41-38-,50-47-/t62-/m1/s1. The Bertz CT molecular complexity index is 1460. The van der Waals surface area contributed by atoms with Crippen LogP contribution in [0.5, 0.6) is 0 Å². The molecule has 71 heavy (non-hydrogen) atoms. The molecule has 6 heteroatoms. The van der Waals surface area contributed by atoms with Gasteiger partial charge in [-0.25, -0.2) is 0 Å². The third-order valence-electron chi connectivity index (χ3n) is 12.2. The van der Waals surface area contributed by atoms with Gasteiger partial charge in [0, 0.05) is 19.3 Å². The summed E-state index contributed by atoms with van der Waals surface area (Å²) in [5.41, 5.74) is 0. The second-order valence-corrected chi connectivity index (χ2v) is 19.2. The fourth-order valence-corrected chi connectivity index (χ4v) is 7.83. The summed E-state index contributed by atoms with van der Waals surface area (Å²) in [6.07, 6.45) is 79.4. The normalized spacial score (nSPS) is 12.9. The van der Waals surface area contributed by atoms with Gasteiger partial charge < -0.3 is 14.2 Å². The number of carbonyl (C=O) groups excluding carboxylic acids is 3. The zero-order valence-electron chi connectivity index (χ0n) is 46.2. The third kappa shape index (κ3) is 56.9. The number of hydrogen-bond acceptors (Lipinski definition) is 6. The first-order valence-electron chi connectivity index (χ1n) is 29.4. The van der Waals surface area contributed by atoms with Gasteiger partial charge in [-0.2, -0.15) is 0 Å². The first-order valence-corrected chi connectivity index (χ1v) is 29.4. The van der Waals surface area contributed by atoms with Gasteiger partial charge in [-0.3, -0.25) is 14.4 Å². The maximum Gasteiger partial charge on any atom is 0.306 e. The minimum atomic E-state index is -0.820. The molecule has 0 spiro atoms. The molecule has 0 rings (SSSR count). The number of rotatable bonds is 52. The van der Waals surface area contributed by atoms with Gasteiger partial charge in [-0.05, 0) is 122 Å². The highest BCUT2D eigenvalue weighted by atomic mass is 16.6. The van der Waals surface area contributed by atoms with Gasteiger partial charge in [-0.15, -0.1) is 0 Å². The van der Waals surface area contributed by atoms with E-state index in [9.17, 15) is 14.4 Å². The largest absolute Gasteiger partial charge is 0.462 e. The summed E-state index contributed by atoms with van der Waals surface area (Å²) in [7, 11) is 0. The van der Waals surface area contributed by atoms with Gasteiger partial charge in [0.15, 0.2) is 6.10 Å². The van der Waals surface area contributed by atoms with E-state index in [1.165, 1.54) is 116 Å². The van der Waals surface area contributed by atoms with E-state index in [1.807, 2.05) is 0 Å². The van der Waals surface area contributed by atoms with Crippen molar-refractivity contribution < 1.29 is 28.6 Å². The molecule has 0 aromatic carbocycles. The number of esters is 3. The maximum absolute atomic E-state index is 12.8. The average molecular weight is 986 g/mol. The summed E-state index contributed by atoms with van der Waals surface area (Å²) >= 11 is 0. The molecular formula is C65H108O6. The molecule has 0 unspecified atom stereocenters. The second kappa shape index (κ2) is 58.6. The quantitative estimate of drug-likeness (QED) is 0.0261. The predicted octanol–water partition coefficient (Wildman–Crippen LogP) is 19.9. The molecule has 0 saturated heterocycles. The third-order valence-corrected chi connectivity index (χ3v) is 12.2. The minimum absolute atomic E-state index is 0.110. The van der Waals surface area contributed by atoms with Crippen LogP contribution in [-0.2, 0) is 28.6 Å². The minimum Gasteiger partial charge on any atom is -0.462 e. The van der Waals surface area contributed by atoms with Gasteiger partial charge in [0.05, 0.1) is 0 Å². The SMILES string of the molecule is CC/C=C\C/C=C\C/C=C\C/C=C\CCCCCCC(=O)OC[C@H](COC(=O)CCCCCCCCCCC/C=C\CCCCCCCC)OC(=O)CCC/C=C\C/C=C\C/C=C\C/C=C\CCCCC. The topological polar surface area (TPSA) is 78.9 Å². The number of carbonyl (C=O) groups is 3. The molecular weight excluding hydrogens is 877 g/mol. The van der Waals surface area contributed by atoms with Gasteiger partial charge in [-0.1, -0.05) is 233 Å². The van der Waals surface area contributed by atoms with Gasteiger partial charge in [0.2, 0.25) is 0 Å². The molecule has 404 valence electrons. The van der Waals surface area contributed by atoms with Gasteiger partial charge >= 0.3 is 17.9 Å². The van der Waals surface area contributed by atoms with Crippen LogP contribution >= 0.6 is 0 Å². The highest BCUT2D eigenvalue weighted by molar-refractivity contribution is 5.71. The van der Waals surface area contributed by atoms with Gasteiger partial charge in [0.1, 0.15) is 13.2 Å². The summed E-state index contributed by atoms with van der Waals surface area (Å²) < 4.78 is 16.8. The van der Waals surface area contributed by atoms with Crippen LogP contribution in [0.4, 0.5) is 0 Å². The molecule has 0 saturated carbocycles. The van der Waals surface area contributed by atoms with Crippen LogP contribution in [0.3, 0.4) is 0 Å². The lowest BCUT2D eigenvalue weighted by Gasteiger charge is -2.18. The summed E-state index contributed by atoms with van der Waals surface area (Å²) in [5, 5.41) is 0. The zero-order valence-corrected chi connectivity index (χ0v) is 46.2. The van der Waals surface area contributed by atoms with Crippen LogP contribution in [0.2, 0.25) is 0 Å². The summed E-state index contributed by atoms with van der Waals surface area (Å²) in [6.45, 7) is 6.43. The lowest BCUT2D eigenvalue weighted by atomic mass is 10.1. The van der Waals surface area contributed by atoms with Crippen molar-refractivity contribution in [1.82, 2.24) is 0 Å². The molecule has 0 aliphatic rings. The molecule has 0 N–H and O–H groups in total. The van der Waals surface area contributed by atoms with E-state index < -0.39 is 6.10 Å². The Kier molecular flexibility index (Phi) is 55.4. The highest BCUT2D eigenvalue weighted by Gasteiger charge is 2.19. The van der Waals surface area contributed by atoms with Crippen molar-refractivity contribution in [3.05, 3.63) is 109 Å². The van der Waals surface area contributed by atoms with Crippen LogP contribution < -0.4 is 0 Å². The van der Waals surface area contributed by atoms with Crippen LogP contribution in [0.25, 0.3) is 0 Å². The summed E-state index contributed by atoms with van der Waals surface area (Å²) in [4.78, 5) is 38.2. The number of unbranched alkanes of at least 4 members (excludes halogenated alkanes) is 23. The van der Waals surface area contributed by atoms with Crippen LogP contribution in [0.15, 0.2) is 109 Å². The second-order valence-electron chi connectivity index (χ2n) is 19.2. The Morgan fingerprint density at radius 2 is 0.563 bits per heavy atom. The number of ether oxygens (including phenoxy) is 3. The van der Waals surface area contributed by atoms with E-state index in [2.05, 4.69) is 130 Å². The first kappa shape index (κ1) is 67.1. The van der Waals surface area contributed by atoms with Crippen LogP contribution in [0, 0.1) is 0 Å². The fourth-order valence-electron chi connectivity index (χ4n) is 7.83. The Hall–Kier alpha value is -3.93. The van der Waals surface area contributed by atoms with Crippen molar-refractivity contribution in [3.63, 3.8) is 0 Å². The summed E-state index contributed by atoms with van der Waals surface area (Å²) in [5.74, 6) is -0.992. The van der Waals surface area contributed by atoms with Gasteiger partial charge in [0.25, 0.3) is 0 Å². The molecule has 0 bridgehead atoms. The van der Waals surface area contributed by atoms with Crippen molar-refractivity contribution >= 4 is 17.9 Å². The number of hydrogen-bond donors (Lipinski definition) is 0. The van der Waals surface area contributed by atoms with Crippen LogP contribution in [0.1, 0.15) is 265 Å². The first-order chi connectivity index (χ1) is 35.0. The molecule has 0 aromatic heterocycles. The molecule has 0 heterocycles. The number of allylic oxidation sites excluding steroid dienone is 18. The molecule has 0 aromatic rings. The van der Waals surface area contributed by atoms with Crippen molar-refractivity contribution in [3.8, 4) is 0 Å². The lowest BCUT2D eigenvalue weighted by Crippen LogP contribution is -2.30. The average Bonchev–Trinajstić information content (AvgIpc) is 3.37. The molecule has 1 atom stereocenters. The van der Waals surface area contributed by atoms with E-state index in [4.69, 9.17) is 14.2 Å². The summed E-state index contributed by atoms with van der Waals surface area (Å²) in [6, 6.07) is 0. The van der Waals surface area contributed by atoms with Crippen molar-refractivity contribution in [2.24, 2.45) is 0 Å². The van der Waals surface area contributed by atoms with E-state index in [-0.39, 0.29) is 37.5 Å². The lowest BCUT2D eigenvalue weighted by molar-refractivity contribution is -0.167. The molecule has 0 amide bonds. The Morgan fingerprint density at radius 1 is 0.296 bits per heavy atom. The van der Waals surface area contributed by atoms with E-state index in [1.54, 1.807) is 0 Å². The highest BCUT2D eigenvalue weighted by Crippen LogP contribution is 2.14. The molecule has 0 aliphatic carbocycles. The van der Waals surface area contributed by atoms with Crippen molar-refractivity contribution in [1.29, 1.82) is 0 Å². The Morgan fingerprint density at radius 3 is 0.944 bits per heavy atom. The van der Waals surface area contributed by atoms with Crippen LogP contribution in [-0.4, -0.2) is 37.2 Å². The Balaban J connectivity index is 4.51. The van der Waals surface area contributed by atoms with E-state index in [0.717, 1.165) is 103 Å². The smallest absolute Gasteiger partial charge is 0.306 e. The van der Waals surface area contributed by atoms with E-state index >= 15 is 0 Å². The molecule has 0 aliphatic heterocycles. The van der Waals surface area contributed by atoms with Crippen molar-refractivity contribution in [2.75, 3.05) is 13.2 Å². The predicted molar refractivity (Wildman–Crippen MR) is 307 cm³/mol. The molecule has 6 nitrogen and oxygen atoms in total. The zero-order chi connectivity index (χ0) is 51.4. The Labute approximate surface area is 438 Å².